The highest BCUT2D eigenvalue weighted by molar-refractivity contribution is 8.00. The molecule has 0 aliphatic heterocycles. The Balaban J connectivity index is 1.29. The highest BCUT2D eigenvalue weighted by Crippen LogP contribution is 2.24. The summed E-state index contributed by atoms with van der Waals surface area (Å²) in [6.45, 7) is 4.00. The fourth-order valence-electron chi connectivity index (χ4n) is 4.53. The number of aryl methyl sites for hydroxylation is 1. The normalized spacial score (nSPS) is 11.2. The zero-order valence-electron chi connectivity index (χ0n) is 23.9. The number of amides is 3. The van der Waals surface area contributed by atoms with Gasteiger partial charge in [-0.05, 0) is 89.9 Å². The minimum absolute atomic E-state index is 0.0894. The van der Waals surface area contributed by atoms with E-state index < -0.39 is 5.91 Å². The van der Waals surface area contributed by atoms with Crippen LogP contribution >= 0.6 is 11.8 Å². The first-order valence-electron chi connectivity index (χ1n) is 13.8. The fourth-order valence-corrected chi connectivity index (χ4v) is 5.23. The van der Waals surface area contributed by atoms with Gasteiger partial charge in [-0.15, -0.1) is 11.8 Å². The molecule has 0 aromatic heterocycles. The van der Waals surface area contributed by atoms with Gasteiger partial charge in [-0.3, -0.25) is 14.4 Å². The summed E-state index contributed by atoms with van der Waals surface area (Å²) in [5.74, 6) is -0.671. The van der Waals surface area contributed by atoms with Crippen LogP contribution in [0.2, 0.25) is 0 Å². The van der Waals surface area contributed by atoms with Crippen LogP contribution in [-0.4, -0.2) is 23.5 Å². The molecular weight excluding hydrogens is 554 g/mol. The Kier molecular flexibility index (Phi) is 9.34. The predicted molar refractivity (Wildman–Crippen MR) is 176 cm³/mol. The molecule has 43 heavy (non-hydrogen) atoms. The first-order chi connectivity index (χ1) is 20.9. The average Bonchev–Trinajstić information content (AvgIpc) is 3.03. The Hall–Kier alpha value is -5.14. The first-order valence-corrected chi connectivity index (χ1v) is 14.8. The van der Waals surface area contributed by atoms with E-state index in [2.05, 4.69) is 16.0 Å². The molecule has 0 saturated carbocycles. The van der Waals surface area contributed by atoms with Gasteiger partial charge < -0.3 is 16.0 Å². The van der Waals surface area contributed by atoms with Gasteiger partial charge in [-0.25, -0.2) is 0 Å². The van der Waals surface area contributed by atoms with Gasteiger partial charge in [0, 0.05) is 21.8 Å². The van der Waals surface area contributed by atoms with E-state index >= 15 is 0 Å². The lowest BCUT2D eigenvalue weighted by Crippen LogP contribution is -2.30. The Morgan fingerprint density at radius 3 is 2.21 bits per heavy atom. The summed E-state index contributed by atoms with van der Waals surface area (Å²) in [5.41, 5.74) is 4.92. The van der Waals surface area contributed by atoms with Crippen molar-refractivity contribution in [1.29, 1.82) is 0 Å². The van der Waals surface area contributed by atoms with E-state index in [0.717, 1.165) is 38.0 Å². The molecule has 3 amide bonds. The van der Waals surface area contributed by atoms with Gasteiger partial charge in [0.1, 0.15) is 5.70 Å². The van der Waals surface area contributed by atoms with E-state index in [1.54, 1.807) is 42.5 Å². The van der Waals surface area contributed by atoms with Gasteiger partial charge in [-0.1, -0.05) is 72.8 Å². The third kappa shape index (κ3) is 7.58. The maximum atomic E-state index is 13.5. The quantitative estimate of drug-likeness (QED) is 0.123. The van der Waals surface area contributed by atoms with Gasteiger partial charge >= 0.3 is 0 Å². The SMILES string of the molecule is Cc1cccc(NC(=O)CSc2ccc(NC(=O)/C(=C/c3cccc4ccccc34)NC(=O)c3ccccc3)cc2)c1C. The molecule has 6 nitrogen and oxygen atoms in total. The highest BCUT2D eigenvalue weighted by Gasteiger charge is 2.16. The molecule has 0 bridgehead atoms. The summed E-state index contributed by atoms with van der Waals surface area (Å²) in [5, 5.41) is 10.7. The molecule has 0 aliphatic rings. The van der Waals surface area contributed by atoms with E-state index in [4.69, 9.17) is 0 Å². The number of carbonyl (C=O) groups excluding carboxylic acids is 3. The maximum Gasteiger partial charge on any atom is 0.272 e. The van der Waals surface area contributed by atoms with Crippen molar-refractivity contribution < 1.29 is 14.4 Å². The Labute approximate surface area is 255 Å². The summed E-state index contributed by atoms with van der Waals surface area (Å²) < 4.78 is 0. The van der Waals surface area contributed by atoms with E-state index in [1.165, 1.54) is 11.8 Å². The van der Waals surface area contributed by atoms with E-state index in [9.17, 15) is 14.4 Å². The molecule has 0 atom stereocenters. The standard InChI is InChI=1S/C36H31N3O3S/c1-24-10-8-17-32(25(24)2)38-34(40)23-43-30-20-18-29(19-21-30)37-36(42)33(39-35(41)27-12-4-3-5-13-27)22-28-15-9-14-26-11-6-7-16-31(26)28/h3-22H,23H2,1-2H3,(H,37,42)(H,38,40)(H,39,41)/b33-22-. The summed E-state index contributed by atoms with van der Waals surface area (Å²) in [7, 11) is 0. The van der Waals surface area contributed by atoms with Gasteiger partial charge in [0.15, 0.2) is 0 Å². The summed E-state index contributed by atoms with van der Waals surface area (Å²) >= 11 is 1.41. The number of fused-ring (bicyclic) bond motifs is 1. The second-order valence-corrected chi connectivity index (χ2v) is 11.1. The number of hydrogen-bond donors (Lipinski definition) is 3. The minimum atomic E-state index is -0.453. The zero-order valence-corrected chi connectivity index (χ0v) is 24.7. The molecule has 3 N–H and O–H groups in total. The van der Waals surface area contributed by atoms with Gasteiger partial charge in [-0.2, -0.15) is 0 Å². The third-order valence-corrected chi connectivity index (χ3v) is 8.02. The van der Waals surface area contributed by atoms with Crippen molar-refractivity contribution in [2.45, 2.75) is 18.7 Å². The van der Waals surface area contributed by atoms with Crippen LogP contribution in [0.5, 0.6) is 0 Å². The summed E-state index contributed by atoms with van der Waals surface area (Å²) in [4.78, 5) is 39.9. The maximum absolute atomic E-state index is 13.5. The summed E-state index contributed by atoms with van der Waals surface area (Å²) in [6, 6.07) is 35.6. The van der Waals surface area contributed by atoms with E-state index in [-0.39, 0.29) is 23.3 Å². The van der Waals surface area contributed by atoms with Crippen LogP contribution in [0.3, 0.4) is 0 Å². The number of thioether (sulfide) groups is 1. The van der Waals surface area contributed by atoms with E-state index in [1.807, 2.05) is 92.7 Å². The molecule has 5 rings (SSSR count). The number of carbonyl (C=O) groups is 3. The highest BCUT2D eigenvalue weighted by atomic mass is 32.2. The minimum Gasteiger partial charge on any atom is -0.325 e. The van der Waals surface area contributed by atoms with Crippen LogP contribution in [-0.2, 0) is 9.59 Å². The van der Waals surface area contributed by atoms with Crippen LogP contribution in [0.4, 0.5) is 11.4 Å². The monoisotopic (exact) mass is 585 g/mol. The van der Waals surface area contributed by atoms with Crippen LogP contribution < -0.4 is 16.0 Å². The number of rotatable bonds is 9. The molecule has 0 heterocycles. The average molecular weight is 586 g/mol. The molecule has 0 radical (unpaired) electrons. The topological polar surface area (TPSA) is 87.3 Å². The lowest BCUT2D eigenvalue weighted by Gasteiger charge is -2.13. The van der Waals surface area contributed by atoms with Crippen molar-refractivity contribution in [3.63, 3.8) is 0 Å². The van der Waals surface area contributed by atoms with Crippen molar-refractivity contribution in [3.8, 4) is 0 Å². The molecule has 214 valence electrons. The third-order valence-electron chi connectivity index (χ3n) is 7.01. The Morgan fingerprint density at radius 1 is 0.721 bits per heavy atom. The lowest BCUT2D eigenvalue weighted by molar-refractivity contribution is -0.114. The largest absolute Gasteiger partial charge is 0.325 e. The van der Waals surface area contributed by atoms with Crippen LogP contribution in [0.15, 0.2) is 126 Å². The van der Waals surface area contributed by atoms with Crippen molar-refractivity contribution in [1.82, 2.24) is 5.32 Å². The number of hydrogen-bond acceptors (Lipinski definition) is 4. The van der Waals surface area contributed by atoms with Gasteiger partial charge in [0.2, 0.25) is 5.91 Å². The van der Waals surface area contributed by atoms with Gasteiger partial charge in [0.25, 0.3) is 11.8 Å². The lowest BCUT2D eigenvalue weighted by atomic mass is 10.0. The molecule has 5 aromatic carbocycles. The van der Waals surface area contributed by atoms with Gasteiger partial charge in [0.05, 0.1) is 5.75 Å². The second-order valence-electron chi connectivity index (χ2n) is 10.0. The zero-order chi connectivity index (χ0) is 30.2. The molecule has 0 saturated heterocycles. The number of nitrogens with one attached hydrogen (secondary N) is 3. The van der Waals surface area contributed by atoms with Crippen molar-refractivity contribution in [2.24, 2.45) is 0 Å². The molecule has 0 unspecified atom stereocenters. The predicted octanol–water partition coefficient (Wildman–Crippen LogP) is 7.60. The van der Waals surface area contributed by atoms with Crippen molar-refractivity contribution in [2.75, 3.05) is 16.4 Å². The first kappa shape index (κ1) is 29.4. The van der Waals surface area contributed by atoms with Crippen LogP contribution in [0.1, 0.15) is 27.0 Å². The Bertz CT molecular complexity index is 1810. The van der Waals surface area contributed by atoms with Crippen molar-refractivity contribution >= 4 is 57.7 Å². The van der Waals surface area contributed by atoms with Crippen molar-refractivity contribution in [3.05, 3.63) is 143 Å². The molecular formula is C36H31N3O3S. The molecule has 0 spiro atoms. The summed E-state index contributed by atoms with van der Waals surface area (Å²) in [6.07, 6.45) is 1.69. The fraction of sp³-hybridized carbons (Fsp3) is 0.0833. The van der Waals surface area contributed by atoms with Crippen LogP contribution in [0, 0.1) is 13.8 Å². The van der Waals surface area contributed by atoms with Crippen LogP contribution in [0.25, 0.3) is 16.8 Å². The van der Waals surface area contributed by atoms with E-state index in [0.29, 0.717) is 11.3 Å². The molecule has 0 aliphatic carbocycles. The number of benzene rings is 5. The Morgan fingerprint density at radius 2 is 1.42 bits per heavy atom. The molecule has 0 fully saturated rings. The molecule has 5 aromatic rings. The number of anilines is 2. The molecule has 7 heteroatoms. The smallest absolute Gasteiger partial charge is 0.272 e. The second kappa shape index (κ2) is 13.7.